The summed E-state index contributed by atoms with van der Waals surface area (Å²) in [7, 11) is 1.79. The lowest BCUT2D eigenvalue weighted by atomic mass is 9.98. The molecule has 1 saturated heterocycles. The standard InChI is InChI=1S/C14H22N2O/c1-17-11-12-5-4-8-16(9-12)10-13-6-2-3-7-14(13)15/h2-3,6-7,12H,4-5,8-11,15H2,1H3. The SMILES string of the molecule is COCC1CCCN(Cc2ccccc2N)C1. The van der Waals surface area contributed by atoms with Crippen molar-refractivity contribution < 1.29 is 4.74 Å². The number of hydrogen-bond donors (Lipinski definition) is 1. The minimum Gasteiger partial charge on any atom is -0.398 e. The van der Waals surface area contributed by atoms with Crippen molar-refractivity contribution in [2.24, 2.45) is 5.92 Å². The lowest BCUT2D eigenvalue weighted by Gasteiger charge is -2.32. The third-order valence-corrected chi connectivity index (χ3v) is 3.45. The fourth-order valence-electron chi connectivity index (χ4n) is 2.59. The van der Waals surface area contributed by atoms with E-state index < -0.39 is 0 Å². The zero-order valence-corrected chi connectivity index (χ0v) is 10.6. The third kappa shape index (κ3) is 3.45. The molecular formula is C14H22N2O. The lowest BCUT2D eigenvalue weighted by molar-refractivity contribution is 0.0875. The number of nitrogen functional groups attached to an aromatic ring is 1. The summed E-state index contributed by atoms with van der Waals surface area (Å²) < 4.78 is 5.25. The van der Waals surface area contributed by atoms with Crippen LogP contribution in [0.25, 0.3) is 0 Å². The van der Waals surface area contributed by atoms with E-state index >= 15 is 0 Å². The van der Waals surface area contributed by atoms with E-state index in [-0.39, 0.29) is 0 Å². The van der Waals surface area contributed by atoms with Gasteiger partial charge in [0.05, 0.1) is 6.61 Å². The van der Waals surface area contributed by atoms with Crippen LogP contribution in [0.4, 0.5) is 5.69 Å². The lowest BCUT2D eigenvalue weighted by Crippen LogP contribution is -2.36. The van der Waals surface area contributed by atoms with Crippen LogP contribution in [0.5, 0.6) is 0 Å². The highest BCUT2D eigenvalue weighted by Crippen LogP contribution is 2.20. The van der Waals surface area contributed by atoms with Gasteiger partial charge >= 0.3 is 0 Å². The molecule has 1 unspecified atom stereocenters. The molecule has 0 bridgehead atoms. The summed E-state index contributed by atoms with van der Waals surface area (Å²) in [5.74, 6) is 0.679. The summed E-state index contributed by atoms with van der Waals surface area (Å²) in [5.41, 5.74) is 8.13. The maximum atomic E-state index is 5.98. The average molecular weight is 234 g/mol. The van der Waals surface area contributed by atoms with E-state index in [0.717, 1.165) is 25.4 Å². The second-order valence-electron chi connectivity index (χ2n) is 4.90. The Morgan fingerprint density at radius 3 is 3.00 bits per heavy atom. The molecule has 0 saturated carbocycles. The molecule has 2 N–H and O–H groups in total. The van der Waals surface area contributed by atoms with E-state index in [1.165, 1.54) is 24.9 Å². The van der Waals surface area contributed by atoms with Gasteiger partial charge in [-0.3, -0.25) is 4.90 Å². The highest BCUT2D eigenvalue weighted by atomic mass is 16.5. The van der Waals surface area contributed by atoms with Crippen molar-refractivity contribution in [2.45, 2.75) is 19.4 Å². The van der Waals surface area contributed by atoms with Gasteiger partial charge in [0.25, 0.3) is 0 Å². The normalized spacial score (nSPS) is 21.6. The molecule has 1 aromatic rings. The first-order chi connectivity index (χ1) is 8.29. The molecule has 1 aromatic carbocycles. The fourth-order valence-corrected chi connectivity index (χ4v) is 2.59. The minimum atomic E-state index is 0.679. The summed E-state index contributed by atoms with van der Waals surface area (Å²) in [6.45, 7) is 4.14. The molecule has 0 amide bonds. The largest absolute Gasteiger partial charge is 0.398 e. The molecule has 3 nitrogen and oxygen atoms in total. The van der Waals surface area contributed by atoms with E-state index in [0.29, 0.717) is 5.92 Å². The average Bonchev–Trinajstić information content (AvgIpc) is 2.33. The minimum absolute atomic E-state index is 0.679. The fraction of sp³-hybridized carbons (Fsp3) is 0.571. The van der Waals surface area contributed by atoms with E-state index in [1.54, 1.807) is 7.11 Å². The Bertz CT molecular complexity index is 352. The quantitative estimate of drug-likeness (QED) is 0.811. The molecule has 0 spiro atoms. The zero-order valence-electron chi connectivity index (χ0n) is 10.6. The number of ether oxygens (including phenoxy) is 1. The number of piperidine rings is 1. The summed E-state index contributed by atoms with van der Waals surface area (Å²) in [4.78, 5) is 2.48. The molecule has 0 radical (unpaired) electrons. The molecule has 0 aliphatic carbocycles. The molecule has 3 heteroatoms. The van der Waals surface area contributed by atoms with Crippen LogP contribution in [0.15, 0.2) is 24.3 Å². The Morgan fingerprint density at radius 2 is 2.24 bits per heavy atom. The van der Waals surface area contributed by atoms with E-state index in [4.69, 9.17) is 10.5 Å². The van der Waals surface area contributed by atoms with Gasteiger partial charge < -0.3 is 10.5 Å². The second kappa shape index (κ2) is 6.03. The molecule has 1 heterocycles. The molecule has 1 aliphatic heterocycles. The van der Waals surface area contributed by atoms with Gasteiger partial charge in [-0.1, -0.05) is 18.2 Å². The van der Waals surface area contributed by atoms with Gasteiger partial charge in [-0.05, 0) is 36.9 Å². The number of anilines is 1. The number of benzene rings is 1. The van der Waals surface area contributed by atoms with Crippen molar-refractivity contribution in [1.82, 2.24) is 4.90 Å². The highest BCUT2D eigenvalue weighted by Gasteiger charge is 2.20. The molecule has 1 fully saturated rings. The molecular weight excluding hydrogens is 212 g/mol. The van der Waals surface area contributed by atoms with Crippen LogP contribution >= 0.6 is 0 Å². The Labute approximate surface area is 104 Å². The van der Waals surface area contributed by atoms with Crippen molar-refractivity contribution in [3.8, 4) is 0 Å². The van der Waals surface area contributed by atoms with Crippen LogP contribution in [0.1, 0.15) is 18.4 Å². The van der Waals surface area contributed by atoms with Gasteiger partial charge in [-0.15, -0.1) is 0 Å². The molecule has 0 aromatic heterocycles. The first kappa shape index (κ1) is 12.4. The topological polar surface area (TPSA) is 38.5 Å². The first-order valence-electron chi connectivity index (χ1n) is 6.34. The molecule has 1 aliphatic rings. The summed E-state index contributed by atoms with van der Waals surface area (Å²) >= 11 is 0. The van der Waals surface area contributed by atoms with Crippen LogP contribution in [-0.2, 0) is 11.3 Å². The van der Waals surface area contributed by atoms with Crippen LogP contribution in [0.3, 0.4) is 0 Å². The van der Waals surface area contributed by atoms with Gasteiger partial charge in [0.15, 0.2) is 0 Å². The van der Waals surface area contributed by atoms with Crippen LogP contribution in [-0.4, -0.2) is 31.7 Å². The molecule has 94 valence electrons. The van der Waals surface area contributed by atoms with Crippen LogP contribution in [0, 0.1) is 5.92 Å². The van der Waals surface area contributed by atoms with Crippen molar-refractivity contribution in [3.63, 3.8) is 0 Å². The summed E-state index contributed by atoms with van der Waals surface area (Å²) in [6, 6.07) is 8.15. The predicted octanol–water partition coefficient (Wildman–Crippen LogP) is 2.13. The number of hydrogen-bond acceptors (Lipinski definition) is 3. The van der Waals surface area contributed by atoms with Gasteiger partial charge in [0, 0.05) is 25.9 Å². The number of nitrogens with two attached hydrogens (primary N) is 1. The first-order valence-corrected chi connectivity index (χ1v) is 6.34. The molecule has 17 heavy (non-hydrogen) atoms. The number of nitrogens with zero attached hydrogens (tertiary/aromatic N) is 1. The Balaban J connectivity index is 1.92. The zero-order chi connectivity index (χ0) is 12.1. The van der Waals surface area contributed by atoms with Gasteiger partial charge in [0.1, 0.15) is 0 Å². The Morgan fingerprint density at radius 1 is 1.41 bits per heavy atom. The molecule has 2 rings (SSSR count). The van der Waals surface area contributed by atoms with Crippen molar-refractivity contribution in [1.29, 1.82) is 0 Å². The monoisotopic (exact) mass is 234 g/mol. The second-order valence-corrected chi connectivity index (χ2v) is 4.90. The number of methoxy groups -OCH3 is 1. The van der Waals surface area contributed by atoms with Crippen molar-refractivity contribution in [3.05, 3.63) is 29.8 Å². The number of para-hydroxylation sites is 1. The van der Waals surface area contributed by atoms with Crippen molar-refractivity contribution >= 4 is 5.69 Å². The van der Waals surface area contributed by atoms with E-state index in [9.17, 15) is 0 Å². The Kier molecular flexibility index (Phi) is 4.40. The van der Waals surface area contributed by atoms with Gasteiger partial charge in [-0.2, -0.15) is 0 Å². The van der Waals surface area contributed by atoms with E-state index in [2.05, 4.69) is 17.0 Å². The maximum absolute atomic E-state index is 5.98. The Hall–Kier alpha value is -1.06. The predicted molar refractivity (Wildman–Crippen MR) is 70.7 cm³/mol. The highest BCUT2D eigenvalue weighted by molar-refractivity contribution is 5.46. The summed E-state index contributed by atoms with van der Waals surface area (Å²) in [5, 5.41) is 0. The number of rotatable bonds is 4. The van der Waals surface area contributed by atoms with E-state index in [1.807, 2.05) is 12.1 Å². The maximum Gasteiger partial charge on any atom is 0.0502 e. The van der Waals surface area contributed by atoms with Crippen LogP contribution < -0.4 is 5.73 Å². The number of likely N-dealkylation sites (tertiary alicyclic amines) is 1. The van der Waals surface area contributed by atoms with Gasteiger partial charge in [0.2, 0.25) is 0 Å². The summed E-state index contributed by atoms with van der Waals surface area (Å²) in [6.07, 6.45) is 2.55. The smallest absolute Gasteiger partial charge is 0.0502 e. The van der Waals surface area contributed by atoms with Crippen LogP contribution in [0.2, 0.25) is 0 Å². The van der Waals surface area contributed by atoms with Gasteiger partial charge in [-0.25, -0.2) is 0 Å². The third-order valence-electron chi connectivity index (χ3n) is 3.45. The molecule has 1 atom stereocenters. The van der Waals surface area contributed by atoms with Crippen molar-refractivity contribution in [2.75, 3.05) is 32.5 Å².